The Kier molecular flexibility index (Phi) is 3.36. The van der Waals surface area contributed by atoms with Gasteiger partial charge in [-0.3, -0.25) is 0 Å². The molecule has 0 fully saturated rings. The van der Waals surface area contributed by atoms with Gasteiger partial charge in [-0.25, -0.2) is 9.97 Å². The van der Waals surface area contributed by atoms with Crippen molar-refractivity contribution in [3.05, 3.63) is 41.4 Å². The molecule has 20 heavy (non-hydrogen) atoms. The van der Waals surface area contributed by atoms with E-state index in [-0.39, 0.29) is 0 Å². The maximum Gasteiger partial charge on any atom is 0.204 e. The molecule has 2 aromatic heterocycles. The van der Waals surface area contributed by atoms with Gasteiger partial charge in [0, 0.05) is 31.0 Å². The van der Waals surface area contributed by atoms with Gasteiger partial charge in [-0.2, -0.15) is 0 Å². The lowest BCUT2D eigenvalue weighted by Gasteiger charge is -2.08. The highest BCUT2D eigenvalue weighted by molar-refractivity contribution is 6.31. The number of imidazole rings is 2. The summed E-state index contributed by atoms with van der Waals surface area (Å²) in [5.41, 5.74) is 1.99. The van der Waals surface area contributed by atoms with Crippen molar-refractivity contribution in [3.8, 4) is 0 Å². The Hall–Kier alpha value is -2.01. The van der Waals surface area contributed by atoms with E-state index >= 15 is 0 Å². The Morgan fingerprint density at radius 1 is 1.35 bits per heavy atom. The van der Waals surface area contributed by atoms with E-state index in [2.05, 4.69) is 26.8 Å². The van der Waals surface area contributed by atoms with Gasteiger partial charge in [-0.05, 0) is 25.1 Å². The molecule has 6 heteroatoms. The van der Waals surface area contributed by atoms with Crippen LogP contribution in [0.25, 0.3) is 11.0 Å². The minimum absolute atomic E-state index is 0.639. The van der Waals surface area contributed by atoms with Gasteiger partial charge in [0.05, 0.1) is 17.6 Å². The molecular formula is C14H16ClN5. The Morgan fingerprint density at radius 2 is 2.20 bits per heavy atom. The van der Waals surface area contributed by atoms with Crippen molar-refractivity contribution >= 4 is 28.6 Å². The first kappa shape index (κ1) is 13.0. The number of hydrogen-bond acceptors (Lipinski definition) is 3. The van der Waals surface area contributed by atoms with E-state index in [0.29, 0.717) is 11.6 Å². The maximum absolute atomic E-state index is 6.02. The SMILES string of the molecule is CCn1c(NCc2nccn2C)nc2cc(Cl)ccc21. The summed E-state index contributed by atoms with van der Waals surface area (Å²) >= 11 is 6.02. The maximum atomic E-state index is 6.02. The van der Waals surface area contributed by atoms with Gasteiger partial charge in [-0.15, -0.1) is 0 Å². The second-order valence-electron chi connectivity index (χ2n) is 4.62. The average Bonchev–Trinajstić information content (AvgIpc) is 2.98. The lowest BCUT2D eigenvalue weighted by atomic mass is 10.3. The van der Waals surface area contributed by atoms with Crippen molar-refractivity contribution in [1.29, 1.82) is 0 Å². The van der Waals surface area contributed by atoms with Crippen LogP contribution in [0.2, 0.25) is 5.02 Å². The number of fused-ring (bicyclic) bond motifs is 1. The Balaban J connectivity index is 1.92. The molecule has 0 aliphatic rings. The lowest BCUT2D eigenvalue weighted by Crippen LogP contribution is -2.10. The second kappa shape index (κ2) is 5.17. The summed E-state index contributed by atoms with van der Waals surface area (Å²) in [4.78, 5) is 8.90. The highest BCUT2D eigenvalue weighted by Crippen LogP contribution is 2.23. The molecular weight excluding hydrogens is 274 g/mol. The van der Waals surface area contributed by atoms with Crippen LogP contribution in [0.15, 0.2) is 30.6 Å². The minimum atomic E-state index is 0.639. The molecule has 104 valence electrons. The van der Waals surface area contributed by atoms with E-state index in [4.69, 9.17) is 11.6 Å². The van der Waals surface area contributed by atoms with Crippen LogP contribution in [0.3, 0.4) is 0 Å². The summed E-state index contributed by atoms with van der Waals surface area (Å²) in [6.45, 7) is 3.59. The van der Waals surface area contributed by atoms with Crippen LogP contribution in [-0.4, -0.2) is 19.1 Å². The summed E-state index contributed by atoms with van der Waals surface area (Å²) in [5, 5.41) is 4.04. The van der Waals surface area contributed by atoms with Crippen molar-refractivity contribution in [2.75, 3.05) is 5.32 Å². The van der Waals surface area contributed by atoms with Gasteiger partial charge in [0.2, 0.25) is 5.95 Å². The topological polar surface area (TPSA) is 47.7 Å². The molecule has 0 aliphatic carbocycles. The molecule has 1 N–H and O–H groups in total. The zero-order valence-corrected chi connectivity index (χ0v) is 12.2. The van der Waals surface area contributed by atoms with E-state index in [9.17, 15) is 0 Å². The molecule has 3 rings (SSSR count). The predicted molar refractivity (Wildman–Crippen MR) is 81.0 cm³/mol. The molecule has 0 aliphatic heterocycles. The normalized spacial score (nSPS) is 11.2. The summed E-state index contributed by atoms with van der Waals surface area (Å²) in [5.74, 6) is 1.81. The Morgan fingerprint density at radius 3 is 2.90 bits per heavy atom. The van der Waals surface area contributed by atoms with Gasteiger partial charge in [0.25, 0.3) is 0 Å². The van der Waals surface area contributed by atoms with Crippen molar-refractivity contribution in [2.24, 2.45) is 7.05 Å². The molecule has 0 unspecified atom stereocenters. The Labute approximate surface area is 122 Å². The van der Waals surface area contributed by atoms with Gasteiger partial charge >= 0.3 is 0 Å². The number of aryl methyl sites for hydroxylation is 2. The highest BCUT2D eigenvalue weighted by Gasteiger charge is 2.10. The molecule has 0 saturated carbocycles. The van der Waals surface area contributed by atoms with Crippen LogP contribution in [0.1, 0.15) is 12.7 Å². The molecule has 0 spiro atoms. The van der Waals surface area contributed by atoms with E-state index in [0.717, 1.165) is 29.4 Å². The number of nitrogens with one attached hydrogen (secondary N) is 1. The molecule has 0 amide bonds. The smallest absolute Gasteiger partial charge is 0.204 e. The zero-order chi connectivity index (χ0) is 14.1. The van der Waals surface area contributed by atoms with Crippen LogP contribution in [0.4, 0.5) is 5.95 Å². The van der Waals surface area contributed by atoms with E-state index < -0.39 is 0 Å². The number of benzene rings is 1. The minimum Gasteiger partial charge on any atom is -0.348 e. The Bertz CT molecular complexity index is 743. The monoisotopic (exact) mass is 289 g/mol. The standard InChI is InChI=1S/C14H16ClN5/c1-3-20-12-5-4-10(15)8-11(12)18-14(20)17-9-13-16-6-7-19(13)2/h4-8H,3,9H2,1-2H3,(H,17,18). The highest BCUT2D eigenvalue weighted by atomic mass is 35.5. The van der Waals surface area contributed by atoms with Crippen molar-refractivity contribution < 1.29 is 0 Å². The molecule has 0 atom stereocenters. The average molecular weight is 290 g/mol. The molecule has 2 heterocycles. The predicted octanol–water partition coefficient (Wildman–Crippen LogP) is 3.06. The first-order chi connectivity index (χ1) is 9.69. The van der Waals surface area contributed by atoms with Crippen molar-refractivity contribution in [1.82, 2.24) is 19.1 Å². The van der Waals surface area contributed by atoms with Crippen LogP contribution in [0.5, 0.6) is 0 Å². The number of anilines is 1. The fourth-order valence-electron chi connectivity index (χ4n) is 2.28. The van der Waals surface area contributed by atoms with Crippen molar-refractivity contribution in [2.45, 2.75) is 20.0 Å². The molecule has 5 nitrogen and oxygen atoms in total. The quantitative estimate of drug-likeness (QED) is 0.803. The van der Waals surface area contributed by atoms with Crippen molar-refractivity contribution in [3.63, 3.8) is 0 Å². The third kappa shape index (κ3) is 2.25. The van der Waals surface area contributed by atoms with Crippen LogP contribution in [-0.2, 0) is 20.1 Å². The summed E-state index contributed by atoms with van der Waals surface area (Å²) in [7, 11) is 1.98. The molecule has 3 aromatic rings. The van der Waals surface area contributed by atoms with Crippen LogP contribution in [0, 0.1) is 0 Å². The number of hydrogen-bond donors (Lipinski definition) is 1. The fourth-order valence-corrected chi connectivity index (χ4v) is 2.45. The number of halogens is 1. The summed E-state index contributed by atoms with van der Waals surface area (Å²) in [6, 6.07) is 5.77. The summed E-state index contributed by atoms with van der Waals surface area (Å²) < 4.78 is 4.12. The van der Waals surface area contributed by atoms with Gasteiger partial charge in [0.1, 0.15) is 5.82 Å². The number of nitrogens with zero attached hydrogens (tertiary/aromatic N) is 4. The molecule has 0 radical (unpaired) electrons. The fraction of sp³-hybridized carbons (Fsp3) is 0.286. The van der Waals surface area contributed by atoms with Crippen LogP contribution < -0.4 is 5.32 Å². The number of aromatic nitrogens is 4. The zero-order valence-electron chi connectivity index (χ0n) is 11.5. The molecule has 0 bridgehead atoms. The van der Waals surface area contributed by atoms with Gasteiger partial charge in [-0.1, -0.05) is 11.6 Å². The third-order valence-electron chi connectivity index (χ3n) is 3.35. The number of rotatable bonds is 4. The molecule has 1 aromatic carbocycles. The van der Waals surface area contributed by atoms with Gasteiger partial charge < -0.3 is 14.5 Å². The van der Waals surface area contributed by atoms with E-state index in [1.165, 1.54) is 0 Å². The first-order valence-electron chi connectivity index (χ1n) is 6.55. The first-order valence-corrected chi connectivity index (χ1v) is 6.92. The molecule has 0 saturated heterocycles. The van der Waals surface area contributed by atoms with E-state index in [1.54, 1.807) is 6.20 Å². The largest absolute Gasteiger partial charge is 0.348 e. The third-order valence-corrected chi connectivity index (χ3v) is 3.59. The summed E-state index contributed by atoms with van der Waals surface area (Å²) in [6.07, 6.45) is 3.72. The second-order valence-corrected chi connectivity index (χ2v) is 5.06. The van der Waals surface area contributed by atoms with Gasteiger partial charge in [0.15, 0.2) is 0 Å². The lowest BCUT2D eigenvalue weighted by molar-refractivity contribution is 0.767. The van der Waals surface area contributed by atoms with E-state index in [1.807, 2.05) is 36.0 Å². The van der Waals surface area contributed by atoms with Crippen LogP contribution >= 0.6 is 11.6 Å².